The van der Waals surface area contributed by atoms with Crippen LogP contribution in [0.25, 0.3) is 11.1 Å². The summed E-state index contributed by atoms with van der Waals surface area (Å²) in [5.74, 6) is 2.24. The summed E-state index contributed by atoms with van der Waals surface area (Å²) < 4.78 is 0.580. The van der Waals surface area contributed by atoms with Crippen LogP contribution >= 0.6 is 11.3 Å². The van der Waals surface area contributed by atoms with E-state index in [9.17, 15) is 0 Å². The average molecular weight is 180 g/mol. The van der Waals surface area contributed by atoms with Crippen LogP contribution in [0.2, 0.25) is 0 Å². The monoisotopic (exact) mass is 180 g/mol. The van der Waals surface area contributed by atoms with Gasteiger partial charge < -0.3 is 5.41 Å². The molecule has 1 heterocycles. The Kier molecular flexibility index (Phi) is 2.48. The van der Waals surface area contributed by atoms with Crippen molar-refractivity contribution < 1.29 is 4.48 Å². The van der Waals surface area contributed by atoms with Crippen LogP contribution in [-0.2, 0) is 0 Å². The molecule has 3 heteroatoms. The van der Waals surface area contributed by atoms with Crippen molar-refractivity contribution in [2.45, 2.75) is 0 Å². The minimum absolute atomic E-state index is 0.580. The minimum atomic E-state index is 0.580. The molecule has 0 unspecified atom stereocenters. The zero-order chi connectivity index (χ0) is 9.19. The van der Waals surface area contributed by atoms with Gasteiger partial charge in [0.25, 0.3) is 0 Å². The predicted octanol–water partition coefficient (Wildman–Crippen LogP) is 2.03. The van der Waals surface area contributed by atoms with Crippen LogP contribution in [0.1, 0.15) is 4.88 Å². The molecule has 0 spiro atoms. The molecule has 1 aromatic heterocycles. The third-order valence-corrected chi connectivity index (χ3v) is 2.41. The van der Waals surface area contributed by atoms with Crippen LogP contribution in [0.4, 0.5) is 0 Å². The van der Waals surface area contributed by atoms with Crippen molar-refractivity contribution in [1.82, 2.24) is 0 Å². The molecule has 1 rings (SSSR count). The van der Waals surface area contributed by atoms with Gasteiger partial charge in [0, 0.05) is 0 Å². The molecule has 0 saturated carbocycles. The van der Waals surface area contributed by atoms with Gasteiger partial charge in [0.15, 0.2) is 5.70 Å². The molecule has 0 aromatic carbocycles. The first-order valence-electron chi connectivity index (χ1n) is 3.68. The van der Waals surface area contributed by atoms with Crippen molar-refractivity contribution in [3.8, 4) is 0 Å². The standard InChI is InChI=1S/C9H12N2S/c1-11(2,3)8(7-10)9-5-4-6-12-9/h4-6H,1-3H3. The first kappa shape index (κ1) is 9.20. The molecule has 2 nitrogen and oxygen atoms in total. The number of thiophene rings is 1. The van der Waals surface area contributed by atoms with E-state index in [1.165, 1.54) is 0 Å². The van der Waals surface area contributed by atoms with Gasteiger partial charge in [-0.1, -0.05) is 6.07 Å². The summed E-state index contributed by atoms with van der Waals surface area (Å²) in [7, 11) is 5.99. The van der Waals surface area contributed by atoms with E-state index in [0.717, 1.165) is 10.6 Å². The first-order valence-corrected chi connectivity index (χ1v) is 4.56. The second kappa shape index (κ2) is 3.23. The van der Waals surface area contributed by atoms with Crippen molar-refractivity contribution in [1.29, 1.82) is 0 Å². The van der Waals surface area contributed by atoms with Gasteiger partial charge in [0.05, 0.1) is 26.0 Å². The zero-order valence-corrected chi connectivity index (χ0v) is 8.35. The van der Waals surface area contributed by atoms with Gasteiger partial charge in [-0.2, -0.15) is 0 Å². The van der Waals surface area contributed by atoms with Gasteiger partial charge in [-0.3, -0.25) is 4.48 Å². The van der Waals surface area contributed by atoms with Crippen molar-refractivity contribution in [2.75, 3.05) is 21.1 Å². The van der Waals surface area contributed by atoms with E-state index in [0.29, 0.717) is 4.48 Å². The van der Waals surface area contributed by atoms with Gasteiger partial charge >= 0.3 is 0 Å². The Morgan fingerprint density at radius 1 is 1.50 bits per heavy atom. The molecule has 0 atom stereocenters. The summed E-state index contributed by atoms with van der Waals surface area (Å²) in [5, 5.41) is 10.9. The SMILES string of the molecule is C[N+](C)(C)C(=C=[N-])c1cccs1. The maximum Gasteiger partial charge on any atom is 0.169 e. The Balaban J connectivity index is 3.10. The van der Waals surface area contributed by atoms with Crippen LogP contribution in [0.15, 0.2) is 17.5 Å². The number of hydrogen-bond acceptors (Lipinski definition) is 1. The minimum Gasteiger partial charge on any atom is -0.758 e. The molecule has 0 aliphatic heterocycles. The molecule has 0 aliphatic rings. The maximum atomic E-state index is 8.94. The Bertz CT molecular complexity index is 300. The molecule has 64 valence electrons. The Morgan fingerprint density at radius 3 is 2.50 bits per heavy atom. The van der Waals surface area contributed by atoms with E-state index in [1.54, 1.807) is 11.3 Å². The van der Waals surface area contributed by atoms with Crippen molar-refractivity contribution >= 4 is 22.9 Å². The highest BCUT2D eigenvalue weighted by molar-refractivity contribution is 7.11. The summed E-state index contributed by atoms with van der Waals surface area (Å²) in [6.07, 6.45) is 0. The van der Waals surface area contributed by atoms with E-state index < -0.39 is 0 Å². The molecular weight excluding hydrogens is 168 g/mol. The molecule has 0 amide bonds. The predicted molar refractivity (Wildman–Crippen MR) is 54.1 cm³/mol. The summed E-state index contributed by atoms with van der Waals surface area (Å²) in [6, 6.07) is 3.94. The number of rotatable bonds is 2. The van der Waals surface area contributed by atoms with E-state index in [4.69, 9.17) is 5.41 Å². The molecule has 1 aromatic rings. The normalized spacial score (nSPS) is 10.9. The van der Waals surface area contributed by atoms with Gasteiger partial charge in [-0.05, 0) is 11.4 Å². The fourth-order valence-electron chi connectivity index (χ4n) is 0.949. The van der Waals surface area contributed by atoms with Crippen LogP contribution in [0, 0.1) is 0 Å². The lowest BCUT2D eigenvalue weighted by Crippen LogP contribution is -2.32. The topological polar surface area (TPSA) is 22.3 Å². The summed E-state index contributed by atoms with van der Waals surface area (Å²) in [5.41, 5.74) is 0.810. The van der Waals surface area contributed by atoms with Crippen LogP contribution in [0.3, 0.4) is 0 Å². The highest BCUT2D eigenvalue weighted by Gasteiger charge is 2.16. The highest BCUT2D eigenvalue weighted by atomic mass is 32.1. The lowest BCUT2D eigenvalue weighted by atomic mass is 10.3. The van der Waals surface area contributed by atoms with Crippen LogP contribution < -0.4 is 0 Å². The largest absolute Gasteiger partial charge is 0.758 e. The molecule has 0 fully saturated rings. The number of quaternary nitrogens is 1. The summed E-state index contributed by atoms with van der Waals surface area (Å²) in [6.45, 7) is 0. The second-order valence-electron chi connectivity index (χ2n) is 3.45. The van der Waals surface area contributed by atoms with Crippen molar-refractivity contribution in [2.24, 2.45) is 0 Å². The van der Waals surface area contributed by atoms with Gasteiger partial charge in [0.2, 0.25) is 0 Å². The molecule has 0 N–H and O–H groups in total. The van der Waals surface area contributed by atoms with Gasteiger partial charge in [-0.25, -0.2) is 5.87 Å². The lowest BCUT2D eigenvalue weighted by Gasteiger charge is -2.24. The molecule has 0 saturated heterocycles. The Hall–Kier alpha value is -0.890. The van der Waals surface area contributed by atoms with E-state index in [-0.39, 0.29) is 0 Å². The summed E-state index contributed by atoms with van der Waals surface area (Å²) in [4.78, 5) is 1.06. The number of nitrogens with zero attached hydrogens (tertiary/aromatic N) is 2. The summed E-state index contributed by atoms with van der Waals surface area (Å²) >= 11 is 1.61. The van der Waals surface area contributed by atoms with Crippen molar-refractivity contribution in [3.63, 3.8) is 0 Å². The zero-order valence-electron chi connectivity index (χ0n) is 7.53. The van der Waals surface area contributed by atoms with Crippen LogP contribution in [-0.4, -0.2) is 31.5 Å². The van der Waals surface area contributed by atoms with Gasteiger partial charge in [-0.15, -0.1) is 11.3 Å². The third kappa shape index (κ3) is 1.83. The van der Waals surface area contributed by atoms with Crippen molar-refractivity contribution in [3.05, 3.63) is 27.8 Å². The van der Waals surface area contributed by atoms with E-state index in [2.05, 4.69) is 5.87 Å². The fraction of sp³-hybridized carbons (Fsp3) is 0.333. The quantitative estimate of drug-likeness (QED) is 0.491. The van der Waals surface area contributed by atoms with Crippen LogP contribution in [0.5, 0.6) is 0 Å². The molecule has 12 heavy (non-hydrogen) atoms. The molecular formula is C9H12N2S. The Morgan fingerprint density at radius 2 is 2.17 bits per heavy atom. The Labute approximate surface area is 76.9 Å². The lowest BCUT2D eigenvalue weighted by molar-refractivity contribution is -0.794. The average Bonchev–Trinajstić information content (AvgIpc) is 2.38. The third-order valence-electron chi connectivity index (χ3n) is 1.53. The molecule has 0 aliphatic carbocycles. The van der Waals surface area contributed by atoms with E-state index >= 15 is 0 Å². The second-order valence-corrected chi connectivity index (χ2v) is 4.40. The fourth-order valence-corrected chi connectivity index (χ4v) is 1.84. The smallest absolute Gasteiger partial charge is 0.169 e. The molecule has 0 radical (unpaired) electrons. The first-order chi connectivity index (χ1) is 5.55. The maximum absolute atomic E-state index is 8.94. The molecule has 0 bridgehead atoms. The van der Waals surface area contributed by atoms with E-state index in [1.807, 2.05) is 38.7 Å². The number of hydrogen-bond donors (Lipinski definition) is 0. The highest BCUT2D eigenvalue weighted by Crippen LogP contribution is 2.23. The van der Waals surface area contributed by atoms with Gasteiger partial charge in [0.1, 0.15) is 0 Å².